The lowest BCUT2D eigenvalue weighted by molar-refractivity contribution is 0.577. The topological polar surface area (TPSA) is 79.9 Å². The number of nitrogens with zero attached hydrogens (tertiary/aromatic N) is 1. The molecule has 0 saturated heterocycles. The van der Waals surface area contributed by atoms with Crippen molar-refractivity contribution in [1.29, 1.82) is 0 Å². The van der Waals surface area contributed by atoms with Gasteiger partial charge in [-0.1, -0.05) is 13.8 Å². The average Bonchev–Trinajstić information content (AvgIpc) is 2.01. The molecule has 0 aliphatic heterocycles. The van der Waals surface area contributed by atoms with E-state index in [-0.39, 0.29) is 16.7 Å². The van der Waals surface area contributed by atoms with E-state index >= 15 is 0 Å². The fraction of sp³-hybridized carbons (Fsp3) is 0.500. The van der Waals surface area contributed by atoms with Gasteiger partial charge in [-0.3, -0.25) is 4.98 Å². The van der Waals surface area contributed by atoms with Crippen LogP contribution in [0.1, 0.15) is 13.8 Å². The Morgan fingerprint density at radius 3 is 2.64 bits per heavy atom. The van der Waals surface area contributed by atoms with Gasteiger partial charge in [0.15, 0.2) is 9.84 Å². The summed E-state index contributed by atoms with van der Waals surface area (Å²) in [6, 6.07) is 1.29. The highest BCUT2D eigenvalue weighted by atomic mass is 32.2. The van der Waals surface area contributed by atoms with E-state index in [9.17, 15) is 13.2 Å². The third-order valence-electron chi connectivity index (χ3n) is 1.54. The maximum atomic E-state index is 11.6. The Labute approximate surface area is 82.1 Å². The molecule has 1 rings (SSSR count). The van der Waals surface area contributed by atoms with Gasteiger partial charge < -0.3 is 0 Å². The van der Waals surface area contributed by atoms with Gasteiger partial charge in [0.1, 0.15) is 5.03 Å². The highest BCUT2D eigenvalue weighted by molar-refractivity contribution is 7.91. The lowest BCUT2D eigenvalue weighted by Crippen LogP contribution is -2.18. The number of aromatic nitrogens is 2. The van der Waals surface area contributed by atoms with Crippen molar-refractivity contribution in [2.75, 3.05) is 5.75 Å². The molecule has 0 atom stereocenters. The van der Waals surface area contributed by atoms with Crippen molar-refractivity contribution in [3.8, 4) is 0 Å². The van der Waals surface area contributed by atoms with Crippen LogP contribution in [-0.2, 0) is 9.84 Å². The molecule has 6 heteroatoms. The van der Waals surface area contributed by atoms with Crippen LogP contribution in [0.3, 0.4) is 0 Å². The van der Waals surface area contributed by atoms with E-state index in [2.05, 4.69) is 9.97 Å². The summed E-state index contributed by atoms with van der Waals surface area (Å²) in [6.07, 6.45) is 1.19. The van der Waals surface area contributed by atoms with Crippen molar-refractivity contribution >= 4 is 9.84 Å². The minimum absolute atomic E-state index is 0.0208. The van der Waals surface area contributed by atoms with Gasteiger partial charge in [0, 0.05) is 6.20 Å². The van der Waals surface area contributed by atoms with Gasteiger partial charge in [0.05, 0.1) is 5.75 Å². The van der Waals surface area contributed by atoms with Gasteiger partial charge in [-0.25, -0.2) is 18.2 Å². The van der Waals surface area contributed by atoms with Crippen LogP contribution in [-0.4, -0.2) is 24.1 Å². The number of rotatable bonds is 3. The molecule has 0 spiro atoms. The van der Waals surface area contributed by atoms with Crippen LogP contribution in [0.15, 0.2) is 22.1 Å². The Hall–Kier alpha value is -1.17. The largest absolute Gasteiger partial charge is 0.345 e. The minimum atomic E-state index is -3.38. The van der Waals surface area contributed by atoms with Crippen LogP contribution in [0.5, 0.6) is 0 Å². The highest BCUT2D eigenvalue weighted by Crippen LogP contribution is 2.08. The van der Waals surface area contributed by atoms with Crippen molar-refractivity contribution < 1.29 is 8.42 Å². The van der Waals surface area contributed by atoms with Crippen LogP contribution >= 0.6 is 0 Å². The summed E-state index contributed by atoms with van der Waals surface area (Å²) in [7, 11) is -3.38. The predicted molar refractivity (Wildman–Crippen MR) is 51.7 cm³/mol. The van der Waals surface area contributed by atoms with Crippen molar-refractivity contribution in [2.45, 2.75) is 18.9 Å². The number of nitrogens with one attached hydrogen (secondary N) is 1. The first kappa shape index (κ1) is 10.9. The molecule has 5 nitrogen and oxygen atoms in total. The summed E-state index contributed by atoms with van der Waals surface area (Å²) in [5, 5.41) is -0.0637. The second-order valence-corrected chi connectivity index (χ2v) is 5.42. The molecule has 14 heavy (non-hydrogen) atoms. The van der Waals surface area contributed by atoms with Gasteiger partial charge in [-0.05, 0) is 12.0 Å². The maximum absolute atomic E-state index is 11.6. The molecule has 1 aromatic rings. The number of sulfone groups is 1. The second-order valence-electron chi connectivity index (χ2n) is 3.41. The Morgan fingerprint density at radius 2 is 2.14 bits per heavy atom. The molecule has 0 fully saturated rings. The van der Waals surface area contributed by atoms with Crippen LogP contribution in [0.4, 0.5) is 0 Å². The molecule has 0 bridgehead atoms. The SMILES string of the molecule is CC(C)CS(=O)(=O)c1ccnc(=O)[nH]1. The quantitative estimate of drug-likeness (QED) is 0.732. The molecule has 78 valence electrons. The lowest BCUT2D eigenvalue weighted by Gasteiger charge is -2.05. The fourth-order valence-electron chi connectivity index (χ4n) is 1.06. The Balaban J connectivity index is 3.11. The molecule has 0 aliphatic rings. The normalized spacial score (nSPS) is 11.9. The first-order valence-electron chi connectivity index (χ1n) is 4.20. The number of hydrogen-bond acceptors (Lipinski definition) is 4. The number of aromatic amines is 1. The standard InChI is InChI=1S/C8H12N2O3S/c1-6(2)5-14(12,13)7-3-4-9-8(11)10-7/h3-4,6H,5H2,1-2H3,(H,9,10,11). The Kier molecular flexibility index (Phi) is 3.05. The lowest BCUT2D eigenvalue weighted by atomic mass is 10.3. The molecule has 1 N–H and O–H groups in total. The van der Waals surface area contributed by atoms with Gasteiger partial charge in [-0.2, -0.15) is 0 Å². The van der Waals surface area contributed by atoms with Crippen molar-refractivity contribution in [1.82, 2.24) is 9.97 Å². The van der Waals surface area contributed by atoms with Crippen LogP contribution in [0, 0.1) is 5.92 Å². The molecule has 1 heterocycles. The molecular weight excluding hydrogens is 204 g/mol. The Morgan fingerprint density at radius 1 is 1.50 bits per heavy atom. The van der Waals surface area contributed by atoms with Gasteiger partial charge in [-0.15, -0.1) is 0 Å². The smallest absolute Gasteiger partial charge is 0.296 e. The monoisotopic (exact) mass is 216 g/mol. The number of H-pyrrole nitrogens is 1. The van der Waals surface area contributed by atoms with E-state index in [1.165, 1.54) is 12.3 Å². The van der Waals surface area contributed by atoms with E-state index in [4.69, 9.17) is 0 Å². The van der Waals surface area contributed by atoms with Crippen molar-refractivity contribution in [3.63, 3.8) is 0 Å². The summed E-state index contributed by atoms with van der Waals surface area (Å²) < 4.78 is 23.2. The third kappa shape index (κ3) is 2.66. The molecule has 0 unspecified atom stereocenters. The van der Waals surface area contributed by atoms with Gasteiger partial charge >= 0.3 is 5.69 Å². The molecule has 0 radical (unpaired) electrons. The summed E-state index contributed by atoms with van der Waals surface area (Å²) in [6.45, 7) is 3.60. The van der Waals surface area contributed by atoms with Crippen LogP contribution in [0.2, 0.25) is 0 Å². The second kappa shape index (κ2) is 3.91. The first-order chi connectivity index (χ1) is 6.42. The zero-order valence-electron chi connectivity index (χ0n) is 8.02. The zero-order valence-corrected chi connectivity index (χ0v) is 8.84. The summed E-state index contributed by atoms with van der Waals surface area (Å²) in [5.41, 5.74) is -0.644. The minimum Gasteiger partial charge on any atom is -0.296 e. The van der Waals surface area contributed by atoms with E-state index in [1.54, 1.807) is 13.8 Å². The number of hydrogen-bond donors (Lipinski definition) is 1. The molecule has 0 aromatic carbocycles. The third-order valence-corrected chi connectivity index (χ3v) is 3.55. The van der Waals surface area contributed by atoms with Crippen LogP contribution in [0.25, 0.3) is 0 Å². The maximum Gasteiger partial charge on any atom is 0.345 e. The van der Waals surface area contributed by atoms with E-state index in [1.807, 2.05) is 0 Å². The highest BCUT2D eigenvalue weighted by Gasteiger charge is 2.16. The molecule has 0 amide bonds. The fourth-order valence-corrected chi connectivity index (χ4v) is 2.63. The van der Waals surface area contributed by atoms with Crippen LogP contribution < -0.4 is 5.69 Å². The zero-order chi connectivity index (χ0) is 10.8. The van der Waals surface area contributed by atoms with E-state index in [0.29, 0.717) is 0 Å². The summed E-state index contributed by atoms with van der Waals surface area (Å²) >= 11 is 0. The van der Waals surface area contributed by atoms with E-state index in [0.717, 1.165) is 0 Å². The summed E-state index contributed by atoms with van der Waals surface area (Å²) in [4.78, 5) is 16.3. The molecular formula is C8H12N2O3S. The van der Waals surface area contributed by atoms with Crippen molar-refractivity contribution in [2.24, 2.45) is 5.92 Å². The molecule has 0 aliphatic carbocycles. The van der Waals surface area contributed by atoms with Gasteiger partial charge in [0.25, 0.3) is 0 Å². The predicted octanol–water partition coefficient (Wildman–Crippen LogP) is 0.200. The van der Waals surface area contributed by atoms with E-state index < -0.39 is 15.5 Å². The first-order valence-corrected chi connectivity index (χ1v) is 5.85. The molecule has 1 aromatic heterocycles. The Bertz CT molecular complexity index is 461. The molecule has 0 saturated carbocycles. The summed E-state index contributed by atoms with van der Waals surface area (Å²) in [5.74, 6) is 0.0455. The average molecular weight is 216 g/mol. The van der Waals surface area contributed by atoms with Crippen molar-refractivity contribution in [3.05, 3.63) is 22.7 Å². The van der Waals surface area contributed by atoms with Gasteiger partial charge in [0.2, 0.25) is 0 Å².